The molecule has 20 heavy (non-hydrogen) atoms. The van der Waals surface area contributed by atoms with Crippen molar-refractivity contribution in [1.29, 1.82) is 0 Å². The molecule has 1 aromatic rings. The molecule has 1 fully saturated rings. The third-order valence-corrected chi connectivity index (χ3v) is 5.71. The van der Waals surface area contributed by atoms with E-state index in [1.54, 1.807) is 7.11 Å². The summed E-state index contributed by atoms with van der Waals surface area (Å²) < 4.78 is 5.45. The molecule has 1 aromatic heterocycles. The van der Waals surface area contributed by atoms with Crippen LogP contribution in [0.1, 0.15) is 44.5 Å². The van der Waals surface area contributed by atoms with Crippen LogP contribution in [0.4, 0.5) is 0 Å². The Balaban J connectivity index is 1.96. The van der Waals surface area contributed by atoms with Gasteiger partial charge in [-0.2, -0.15) is 0 Å². The Morgan fingerprint density at radius 3 is 2.30 bits per heavy atom. The number of aryl methyl sites for hydroxylation is 1. The molecular formula is C17H28N2O. The lowest BCUT2D eigenvalue weighted by atomic mass is 10.0. The fraction of sp³-hybridized carbons (Fsp3) is 0.706. The Morgan fingerprint density at radius 2 is 1.80 bits per heavy atom. The molecule has 0 aliphatic heterocycles. The van der Waals surface area contributed by atoms with Gasteiger partial charge in [0.05, 0.1) is 12.8 Å². The lowest BCUT2D eigenvalue weighted by molar-refractivity contribution is 0.406. The molecule has 0 aromatic carbocycles. The number of methoxy groups -OCH3 is 1. The van der Waals surface area contributed by atoms with Gasteiger partial charge >= 0.3 is 0 Å². The first kappa shape index (κ1) is 15.3. The highest BCUT2D eigenvalue weighted by molar-refractivity contribution is 5.41. The Labute approximate surface area is 123 Å². The first-order valence-electron chi connectivity index (χ1n) is 7.43. The van der Waals surface area contributed by atoms with Gasteiger partial charge in [-0.25, -0.2) is 0 Å². The molecular weight excluding hydrogens is 248 g/mol. The molecule has 0 saturated heterocycles. The maximum absolute atomic E-state index is 5.45. The van der Waals surface area contributed by atoms with Crippen molar-refractivity contribution in [3.8, 4) is 5.75 Å². The molecule has 0 radical (unpaired) electrons. The smallest absolute Gasteiger partial charge is 0.128 e. The molecule has 1 aliphatic rings. The van der Waals surface area contributed by atoms with E-state index in [0.717, 1.165) is 41.6 Å². The van der Waals surface area contributed by atoms with Crippen molar-refractivity contribution in [3.05, 3.63) is 23.0 Å². The summed E-state index contributed by atoms with van der Waals surface area (Å²) in [6, 6.07) is 0. The van der Waals surface area contributed by atoms with Crippen molar-refractivity contribution in [2.75, 3.05) is 13.7 Å². The Kier molecular flexibility index (Phi) is 3.85. The van der Waals surface area contributed by atoms with E-state index >= 15 is 0 Å². The summed E-state index contributed by atoms with van der Waals surface area (Å²) in [7, 11) is 1.72. The lowest BCUT2D eigenvalue weighted by Gasteiger charge is -2.13. The van der Waals surface area contributed by atoms with Gasteiger partial charge in [0.25, 0.3) is 0 Å². The van der Waals surface area contributed by atoms with Gasteiger partial charge in [0.1, 0.15) is 5.75 Å². The molecule has 0 amide bonds. The minimum Gasteiger partial charge on any atom is -0.496 e. The van der Waals surface area contributed by atoms with Crippen LogP contribution in [-0.4, -0.2) is 18.6 Å². The second-order valence-corrected chi connectivity index (χ2v) is 7.17. The maximum Gasteiger partial charge on any atom is 0.128 e. The summed E-state index contributed by atoms with van der Waals surface area (Å²) in [5, 5.41) is 3.57. The Bertz CT molecular complexity index is 492. The molecule has 0 bridgehead atoms. The van der Waals surface area contributed by atoms with Crippen LogP contribution in [0.5, 0.6) is 5.75 Å². The number of aromatic nitrogens is 1. The molecule has 1 heterocycles. The zero-order chi connectivity index (χ0) is 15.1. The van der Waals surface area contributed by atoms with Gasteiger partial charge in [0, 0.05) is 23.9 Å². The predicted molar refractivity (Wildman–Crippen MR) is 83.0 cm³/mol. The van der Waals surface area contributed by atoms with Crippen LogP contribution in [0.25, 0.3) is 0 Å². The van der Waals surface area contributed by atoms with E-state index in [9.17, 15) is 0 Å². The zero-order valence-corrected chi connectivity index (χ0v) is 13.9. The molecule has 1 N–H and O–H groups in total. The normalized spacial score (nSPS) is 19.9. The number of hydrogen-bond donors (Lipinski definition) is 1. The molecule has 0 unspecified atom stereocenters. The highest BCUT2D eigenvalue weighted by Crippen LogP contribution is 2.67. The van der Waals surface area contributed by atoms with Crippen molar-refractivity contribution >= 4 is 0 Å². The van der Waals surface area contributed by atoms with Gasteiger partial charge < -0.3 is 10.1 Å². The van der Waals surface area contributed by atoms with Gasteiger partial charge in [-0.3, -0.25) is 4.98 Å². The molecule has 1 aliphatic carbocycles. The molecule has 0 spiro atoms. The predicted octanol–water partition coefficient (Wildman–Crippen LogP) is 3.48. The van der Waals surface area contributed by atoms with Crippen molar-refractivity contribution in [1.82, 2.24) is 10.3 Å². The van der Waals surface area contributed by atoms with Crippen LogP contribution < -0.4 is 10.1 Å². The van der Waals surface area contributed by atoms with Gasteiger partial charge in [0.2, 0.25) is 0 Å². The summed E-state index contributed by atoms with van der Waals surface area (Å²) in [6.45, 7) is 15.4. The number of nitrogens with zero attached hydrogens (tertiary/aromatic N) is 1. The fourth-order valence-electron chi connectivity index (χ4n) is 3.43. The summed E-state index contributed by atoms with van der Waals surface area (Å²) in [6.07, 6.45) is 1.90. The van der Waals surface area contributed by atoms with E-state index in [2.05, 4.69) is 44.9 Å². The average molecular weight is 276 g/mol. The topological polar surface area (TPSA) is 34.1 Å². The molecule has 112 valence electrons. The van der Waals surface area contributed by atoms with Crippen LogP contribution in [0.15, 0.2) is 6.20 Å². The number of hydrogen-bond acceptors (Lipinski definition) is 3. The maximum atomic E-state index is 5.45. The van der Waals surface area contributed by atoms with E-state index in [0.29, 0.717) is 10.8 Å². The average Bonchev–Trinajstić information content (AvgIpc) is 2.74. The molecule has 3 heteroatoms. The van der Waals surface area contributed by atoms with Crippen LogP contribution in [0.2, 0.25) is 0 Å². The van der Waals surface area contributed by atoms with E-state index in [1.165, 1.54) is 0 Å². The van der Waals surface area contributed by atoms with Crippen molar-refractivity contribution in [2.24, 2.45) is 16.7 Å². The van der Waals surface area contributed by atoms with E-state index in [4.69, 9.17) is 4.74 Å². The van der Waals surface area contributed by atoms with E-state index < -0.39 is 0 Å². The minimum atomic E-state index is 0.438. The number of nitrogens with one attached hydrogen (secondary N) is 1. The largest absolute Gasteiger partial charge is 0.496 e. The second-order valence-electron chi connectivity index (χ2n) is 7.17. The van der Waals surface area contributed by atoms with Crippen LogP contribution in [0.3, 0.4) is 0 Å². The highest BCUT2D eigenvalue weighted by Gasteiger charge is 2.63. The molecule has 3 nitrogen and oxygen atoms in total. The second kappa shape index (κ2) is 5.03. The molecule has 0 atom stereocenters. The number of rotatable bonds is 5. The SMILES string of the molecule is COc1c(C)cnc(CNCC2C(C)(C)C2(C)C)c1C. The van der Waals surface area contributed by atoms with E-state index in [1.807, 2.05) is 13.1 Å². The monoisotopic (exact) mass is 276 g/mol. The third-order valence-electron chi connectivity index (χ3n) is 5.71. The van der Waals surface area contributed by atoms with Gasteiger partial charge in [-0.15, -0.1) is 0 Å². The fourth-order valence-corrected chi connectivity index (χ4v) is 3.43. The summed E-state index contributed by atoms with van der Waals surface area (Å²) in [4.78, 5) is 4.53. The standard InChI is InChI=1S/C17H28N2O/c1-11-8-19-13(12(2)15(11)20-7)9-18-10-14-16(3,4)17(14,5)6/h8,14,18H,9-10H2,1-7H3. The van der Waals surface area contributed by atoms with Crippen molar-refractivity contribution < 1.29 is 4.74 Å². The van der Waals surface area contributed by atoms with Crippen LogP contribution in [-0.2, 0) is 6.54 Å². The summed E-state index contributed by atoms with van der Waals surface area (Å²) in [5.74, 6) is 1.70. The number of ether oxygens (including phenoxy) is 1. The summed E-state index contributed by atoms with van der Waals surface area (Å²) >= 11 is 0. The van der Waals surface area contributed by atoms with Gasteiger partial charge in [0.15, 0.2) is 0 Å². The van der Waals surface area contributed by atoms with Crippen molar-refractivity contribution in [2.45, 2.75) is 48.1 Å². The van der Waals surface area contributed by atoms with Gasteiger partial charge in [-0.1, -0.05) is 27.7 Å². The quantitative estimate of drug-likeness (QED) is 0.894. The Morgan fingerprint density at radius 1 is 1.20 bits per heavy atom. The Hall–Kier alpha value is -1.09. The first-order chi connectivity index (χ1) is 9.23. The lowest BCUT2D eigenvalue weighted by Crippen LogP contribution is -2.20. The molecule has 1 saturated carbocycles. The highest BCUT2D eigenvalue weighted by atomic mass is 16.5. The minimum absolute atomic E-state index is 0.438. The molecule has 2 rings (SSSR count). The first-order valence-corrected chi connectivity index (χ1v) is 7.43. The van der Waals surface area contributed by atoms with Gasteiger partial charge in [-0.05, 0) is 37.1 Å². The van der Waals surface area contributed by atoms with Crippen LogP contribution >= 0.6 is 0 Å². The zero-order valence-electron chi connectivity index (χ0n) is 13.9. The number of pyridine rings is 1. The van der Waals surface area contributed by atoms with E-state index in [-0.39, 0.29) is 0 Å². The van der Waals surface area contributed by atoms with Crippen molar-refractivity contribution in [3.63, 3.8) is 0 Å². The van der Waals surface area contributed by atoms with Crippen LogP contribution in [0, 0.1) is 30.6 Å². The third kappa shape index (κ3) is 2.32. The summed E-state index contributed by atoms with van der Waals surface area (Å²) in [5.41, 5.74) is 4.21.